The van der Waals surface area contributed by atoms with E-state index < -0.39 is 9.84 Å². The summed E-state index contributed by atoms with van der Waals surface area (Å²) in [6.07, 6.45) is 0.750. The molecule has 134 valence electrons. The number of rotatable bonds is 6. The zero-order valence-electron chi connectivity index (χ0n) is 14.0. The second-order valence-corrected chi connectivity index (χ2v) is 8.63. The Morgan fingerprint density at radius 3 is 2.54 bits per heavy atom. The Balaban J connectivity index is 1.76. The van der Waals surface area contributed by atoms with Gasteiger partial charge in [0.2, 0.25) is 5.13 Å². The summed E-state index contributed by atoms with van der Waals surface area (Å²) in [5.74, 6) is -0.514. The largest absolute Gasteiger partial charge is 0.296 e. The minimum atomic E-state index is -3.47. The van der Waals surface area contributed by atoms with E-state index in [9.17, 15) is 13.2 Å². The zero-order valence-corrected chi connectivity index (χ0v) is 15.7. The highest BCUT2D eigenvalue weighted by Gasteiger charge is 2.16. The summed E-state index contributed by atoms with van der Waals surface area (Å²) in [6, 6.07) is 14.8. The van der Waals surface area contributed by atoms with Crippen LogP contribution < -0.4 is 5.32 Å². The summed E-state index contributed by atoms with van der Waals surface area (Å²) in [5.41, 5.74) is 0.923. The van der Waals surface area contributed by atoms with E-state index in [0.29, 0.717) is 16.3 Å². The minimum absolute atomic E-state index is 0.170. The molecule has 1 N–H and O–H groups in total. The minimum Gasteiger partial charge on any atom is -0.296 e. The van der Waals surface area contributed by atoms with E-state index in [4.69, 9.17) is 0 Å². The summed E-state index contributed by atoms with van der Waals surface area (Å²) < 4.78 is 25.0. The molecule has 1 heterocycles. The molecule has 2 aromatic carbocycles. The van der Waals surface area contributed by atoms with Crippen LogP contribution in [-0.2, 0) is 22.0 Å². The van der Waals surface area contributed by atoms with Gasteiger partial charge in [0.15, 0.2) is 9.84 Å². The lowest BCUT2D eigenvalue weighted by Gasteiger charge is -2.07. The summed E-state index contributed by atoms with van der Waals surface area (Å²) in [4.78, 5) is 12.6. The van der Waals surface area contributed by atoms with Crippen LogP contribution in [0.25, 0.3) is 0 Å². The Morgan fingerprint density at radius 1 is 1.08 bits per heavy atom. The van der Waals surface area contributed by atoms with Crippen LogP contribution in [-0.4, -0.2) is 24.5 Å². The molecule has 8 heteroatoms. The van der Waals surface area contributed by atoms with Gasteiger partial charge in [-0.05, 0) is 36.2 Å². The van der Waals surface area contributed by atoms with Crippen molar-refractivity contribution in [2.45, 2.75) is 24.0 Å². The van der Waals surface area contributed by atoms with Crippen molar-refractivity contribution in [3.63, 3.8) is 0 Å². The smallest absolute Gasteiger partial charge is 0.257 e. The molecule has 0 atom stereocenters. The quantitative estimate of drug-likeness (QED) is 0.701. The third kappa shape index (κ3) is 4.33. The maximum absolute atomic E-state index is 12.5. The van der Waals surface area contributed by atoms with E-state index in [1.165, 1.54) is 11.3 Å². The predicted octanol–water partition coefficient (Wildman–Crippen LogP) is 3.33. The van der Waals surface area contributed by atoms with Crippen LogP contribution in [0.3, 0.4) is 0 Å². The van der Waals surface area contributed by atoms with Crippen LogP contribution in [0.4, 0.5) is 5.13 Å². The molecule has 3 rings (SSSR count). The number of nitrogens with zero attached hydrogens (tertiary/aromatic N) is 2. The number of nitrogens with one attached hydrogen (secondary N) is 1. The third-order valence-corrected chi connectivity index (χ3v) is 6.32. The van der Waals surface area contributed by atoms with Crippen molar-refractivity contribution in [1.29, 1.82) is 0 Å². The fourth-order valence-corrected chi connectivity index (χ4v) is 4.38. The first-order chi connectivity index (χ1) is 12.5. The van der Waals surface area contributed by atoms with E-state index in [1.54, 1.807) is 54.6 Å². The molecular weight excluding hydrogens is 370 g/mol. The number of amides is 1. The second-order valence-electron chi connectivity index (χ2n) is 5.58. The van der Waals surface area contributed by atoms with Gasteiger partial charge < -0.3 is 0 Å². The highest BCUT2D eigenvalue weighted by molar-refractivity contribution is 7.90. The van der Waals surface area contributed by atoms with E-state index in [1.807, 2.05) is 6.92 Å². The summed E-state index contributed by atoms with van der Waals surface area (Å²) in [7, 11) is -3.47. The van der Waals surface area contributed by atoms with Gasteiger partial charge in [0.25, 0.3) is 5.91 Å². The Morgan fingerprint density at radius 2 is 1.85 bits per heavy atom. The van der Waals surface area contributed by atoms with Gasteiger partial charge in [0, 0.05) is 5.56 Å². The van der Waals surface area contributed by atoms with Gasteiger partial charge in [-0.2, -0.15) is 0 Å². The number of hydrogen-bond donors (Lipinski definition) is 1. The lowest BCUT2D eigenvalue weighted by Crippen LogP contribution is -2.12. The second kappa shape index (κ2) is 7.76. The Kier molecular flexibility index (Phi) is 5.43. The lowest BCUT2D eigenvalue weighted by molar-refractivity contribution is 0.102. The summed E-state index contributed by atoms with van der Waals surface area (Å²) >= 11 is 1.32. The summed E-state index contributed by atoms with van der Waals surface area (Å²) in [5, 5.41) is 11.8. The monoisotopic (exact) mass is 387 g/mol. The van der Waals surface area contributed by atoms with Crippen molar-refractivity contribution in [2.75, 3.05) is 5.32 Å². The molecule has 0 unspecified atom stereocenters. The molecule has 0 aliphatic rings. The van der Waals surface area contributed by atoms with Gasteiger partial charge in [-0.1, -0.05) is 48.6 Å². The first kappa shape index (κ1) is 18.2. The Bertz CT molecular complexity index is 1010. The van der Waals surface area contributed by atoms with Crippen molar-refractivity contribution < 1.29 is 13.2 Å². The molecule has 1 amide bonds. The fraction of sp³-hybridized carbons (Fsp3) is 0.167. The van der Waals surface area contributed by atoms with Gasteiger partial charge in [0.05, 0.1) is 10.6 Å². The number of carbonyl (C=O) groups is 1. The van der Waals surface area contributed by atoms with Gasteiger partial charge in [-0.15, -0.1) is 10.2 Å². The highest BCUT2D eigenvalue weighted by Crippen LogP contribution is 2.19. The molecule has 0 aliphatic heterocycles. The van der Waals surface area contributed by atoms with Crippen LogP contribution in [0.15, 0.2) is 59.5 Å². The van der Waals surface area contributed by atoms with E-state index >= 15 is 0 Å². The van der Waals surface area contributed by atoms with Crippen LogP contribution in [0.5, 0.6) is 0 Å². The first-order valence-corrected chi connectivity index (χ1v) is 10.5. The van der Waals surface area contributed by atoms with E-state index in [-0.39, 0.29) is 16.6 Å². The number of aryl methyl sites for hydroxylation is 1. The van der Waals surface area contributed by atoms with Gasteiger partial charge >= 0.3 is 0 Å². The fourth-order valence-electron chi connectivity index (χ4n) is 2.35. The molecule has 0 bridgehead atoms. The van der Waals surface area contributed by atoms with Crippen LogP contribution in [0.1, 0.15) is 27.9 Å². The Labute approximate surface area is 155 Å². The molecule has 0 spiro atoms. The molecule has 0 aliphatic carbocycles. The number of aromatic nitrogens is 2. The Hall–Kier alpha value is -2.58. The molecule has 3 aromatic rings. The number of sulfone groups is 1. The molecule has 0 radical (unpaired) electrons. The zero-order chi connectivity index (χ0) is 18.6. The van der Waals surface area contributed by atoms with Crippen molar-refractivity contribution in [3.8, 4) is 0 Å². The molecule has 0 fully saturated rings. The molecule has 0 saturated carbocycles. The molecule has 1 aromatic heterocycles. The topological polar surface area (TPSA) is 89.0 Å². The SMILES string of the molecule is CCc1nnc(NC(=O)c2cccc(CS(=O)(=O)c3ccccc3)c2)s1. The van der Waals surface area contributed by atoms with Crippen LogP contribution in [0.2, 0.25) is 0 Å². The molecule has 26 heavy (non-hydrogen) atoms. The third-order valence-electron chi connectivity index (χ3n) is 3.64. The van der Waals surface area contributed by atoms with Crippen LogP contribution in [0, 0.1) is 0 Å². The number of benzene rings is 2. The molecule has 6 nitrogen and oxygen atoms in total. The van der Waals surface area contributed by atoms with Gasteiger partial charge in [0.1, 0.15) is 5.01 Å². The van der Waals surface area contributed by atoms with Crippen molar-refractivity contribution >= 4 is 32.2 Å². The number of anilines is 1. The maximum atomic E-state index is 12.5. The van der Waals surface area contributed by atoms with E-state index in [2.05, 4.69) is 15.5 Å². The van der Waals surface area contributed by atoms with Crippen molar-refractivity contribution in [3.05, 3.63) is 70.7 Å². The predicted molar refractivity (Wildman–Crippen MR) is 101 cm³/mol. The lowest BCUT2D eigenvalue weighted by atomic mass is 10.1. The molecule has 0 saturated heterocycles. The number of carbonyl (C=O) groups excluding carboxylic acids is 1. The van der Waals surface area contributed by atoms with Gasteiger partial charge in [-0.25, -0.2) is 8.42 Å². The number of hydrogen-bond acceptors (Lipinski definition) is 6. The van der Waals surface area contributed by atoms with Crippen molar-refractivity contribution in [1.82, 2.24) is 10.2 Å². The highest BCUT2D eigenvalue weighted by atomic mass is 32.2. The summed E-state index contributed by atoms with van der Waals surface area (Å²) in [6.45, 7) is 1.96. The van der Waals surface area contributed by atoms with E-state index in [0.717, 1.165) is 11.4 Å². The average Bonchev–Trinajstić information content (AvgIpc) is 3.10. The standard InChI is InChI=1S/C18H17N3O3S2/c1-2-16-20-21-18(25-16)19-17(22)14-8-6-7-13(11-14)12-26(23,24)15-9-4-3-5-10-15/h3-11H,2,12H2,1H3,(H,19,21,22). The normalized spacial score (nSPS) is 11.3. The average molecular weight is 387 g/mol. The maximum Gasteiger partial charge on any atom is 0.257 e. The first-order valence-electron chi connectivity index (χ1n) is 7.98. The molecular formula is C18H17N3O3S2. The van der Waals surface area contributed by atoms with Crippen molar-refractivity contribution in [2.24, 2.45) is 0 Å². The van der Waals surface area contributed by atoms with Crippen LogP contribution >= 0.6 is 11.3 Å². The van der Waals surface area contributed by atoms with Gasteiger partial charge in [-0.3, -0.25) is 10.1 Å².